The lowest BCUT2D eigenvalue weighted by molar-refractivity contribution is 0.0933. The highest BCUT2D eigenvalue weighted by atomic mass is 16.5. The fraction of sp³-hybridized carbons (Fsp3) is 0.240. The molecule has 1 aliphatic rings. The highest BCUT2D eigenvalue weighted by molar-refractivity contribution is 5.98. The van der Waals surface area contributed by atoms with Gasteiger partial charge in [-0.3, -0.25) is 14.9 Å². The van der Waals surface area contributed by atoms with Gasteiger partial charge in [-0.25, -0.2) is 0 Å². The number of piperidine rings is 1. The van der Waals surface area contributed by atoms with Crippen molar-refractivity contribution in [2.24, 2.45) is 0 Å². The molecule has 1 saturated heterocycles. The Morgan fingerprint density at radius 1 is 1.16 bits per heavy atom. The first-order valence-electron chi connectivity index (χ1n) is 10.8. The van der Waals surface area contributed by atoms with Gasteiger partial charge in [0.25, 0.3) is 5.91 Å². The number of aromatic nitrogens is 3. The van der Waals surface area contributed by atoms with Gasteiger partial charge in [0.2, 0.25) is 0 Å². The van der Waals surface area contributed by atoms with Gasteiger partial charge in [-0.2, -0.15) is 5.10 Å². The Morgan fingerprint density at radius 3 is 2.88 bits per heavy atom. The molecule has 7 nitrogen and oxygen atoms in total. The van der Waals surface area contributed by atoms with Crippen LogP contribution in [-0.4, -0.2) is 47.3 Å². The first kappa shape index (κ1) is 20.1. The second-order valence-electron chi connectivity index (χ2n) is 8.04. The van der Waals surface area contributed by atoms with Crippen LogP contribution in [0.5, 0.6) is 5.75 Å². The van der Waals surface area contributed by atoms with Gasteiger partial charge in [0.05, 0.1) is 18.3 Å². The number of rotatable bonds is 5. The summed E-state index contributed by atoms with van der Waals surface area (Å²) in [5.74, 6) is 1.67. The lowest BCUT2D eigenvalue weighted by atomic mass is 10.0. The third kappa shape index (κ3) is 4.14. The molecule has 32 heavy (non-hydrogen) atoms. The minimum absolute atomic E-state index is 0.0523. The number of amides is 1. The molecule has 1 fully saturated rings. The Bertz CT molecular complexity index is 1230. The van der Waals surface area contributed by atoms with E-state index in [-0.39, 0.29) is 11.9 Å². The molecule has 162 valence electrons. The van der Waals surface area contributed by atoms with Crippen LogP contribution in [-0.2, 0) is 0 Å². The molecule has 0 saturated carbocycles. The second-order valence-corrected chi connectivity index (χ2v) is 8.04. The molecule has 1 amide bonds. The Morgan fingerprint density at radius 2 is 2.03 bits per heavy atom. The first-order chi connectivity index (χ1) is 15.7. The van der Waals surface area contributed by atoms with Crippen LogP contribution in [0.4, 0.5) is 5.82 Å². The predicted molar refractivity (Wildman–Crippen MR) is 125 cm³/mol. The lowest BCUT2D eigenvalue weighted by Gasteiger charge is -2.33. The quantitative estimate of drug-likeness (QED) is 0.502. The summed E-state index contributed by atoms with van der Waals surface area (Å²) in [7, 11) is 1.66. The van der Waals surface area contributed by atoms with Crippen LogP contribution in [0.3, 0.4) is 0 Å². The van der Waals surface area contributed by atoms with E-state index in [1.54, 1.807) is 13.3 Å². The van der Waals surface area contributed by atoms with E-state index >= 15 is 0 Å². The Labute approximate surface area is 186 Å². The van der Waals surface area contributed by atoms with E-state index in [1.807, 2.05) is 54.6 Å². The van der Waals surface area contributed by atoms with Gasteiger partial charge in [-0.1, -0.05) is 6.07 Å². The smallest absolute Gasteiger partial charge is 0.251 e. The van der Waals surface area contributed by atoms with Crippen LogP contribution in [0, 0.1) is 0 Å². The van der Waals surface area contributed by atoms with Crippen LogP contribution in [0.15, 0.2) is 66.9 Å². The first-order valence-corrected chi connectivity index (χ1v) is 10.8. The van der Waals surface area contributed by atoms with Crippen molar-refractivity contribution in [1.29, 1.82) is 0 Å². The summed E-state index contributed by atoms with van der Waals surface area (Å²) in [4.78, 5) is 19.4. The molecule has 1 unspecified atom stereocenters. The highest BCUT2D eigenvalue weighted by Gasteiger charge is 2.24. The van der Waals surface area contributed by atoms with Gasteiger partial charge in [0.15, 0.2) is 5.82 Å². The van der Waals surface area contributed by atoms with Crippen molar-refractivity contribution in [1.82, 2.24) is 20.5 Å². The number of aromatic amines is 1. The average Bonchev–Trinajstić information content (AvgIpc) is 3.34. The van der Waals surface area contributed by atoms with Crippen molar-refractivity contribution in [3.8, 4) is 17.0 Å². The van der Waals surface area contributed by atoms with E-state index in [2.05, 4.69) is 31.5 Å². The fourth-order valence-electron chi connectivity index (χ4n) is 4.18. The number of anilines is 1. The summed E-state index contributed by atoms with van der Waals surface area (Å²) in [6.45, 7) is 1.65. The van der Waals surface area contributed by atoms with Gasteiger partial charge < -0.3 is 15.0 Å². The number of pyridine rings is 1. The summed E-state index contributed by atoms with van der Waals surface area (Å²) < 4.78 is 5.23. The lowest BCUT2D eigenvalue weighted by Crippen LogP contribution is -2.48. The third-order valence-electron chi connectivity index (χ3n) is 5.91. The SMILES string of the molecule is COc1ccc(-c2cc(N3CCCC(NC(=O)c4ccc5ncccc5c4)C3)n[nH]2)cc1. The van der Waals surface area contributed by atoms with Gasteiger partial charge in [0.1, 0.15) is 5.75 Å². The molecule has 0 spiro atoms. The fourth-order valence-corrected chi connectivity index (χ4v) is 4.18. The number of benzene rings is 2. The highest BCUT2D eigenvalue weighted by Crippen LogP contribution is 2.26. The predicted octanol–water partition coefficient (Wildman–Crippen LogP) is 4.03. The molecule has 0 bridgehead atoms. The van der Waals surface area contributed by atoms with Crippen molar-refractivity contribution in [3.05, 3.63) is 72.4 Å². The largest absolute Gasteiger partial charge is 0.497 e. The van der Waals surface area contributed by atoms with Gasteiger partial charge in [-0.05, 0) is 66.9 Å². The van der Waals surface area contributed by atoms with Crippen molar-refractivity contribution < 1.29 is 9.53 Å². The second kappa shape index (κ2) is 8.70. The number of nitrogens with zero attached hydrogens (tertiary/aromatic N) is 3. The molecule has 5 rings (SSSR count). The molecule has 3 heterocycles. The molecule has 1 aliphatic heterocycles. The van der Waals surface area contributed by atoms with Gasteiger partial charge in [0, 0.05) is 42.3 Å². The molecule has 2 aromatic carbocycles. The zero-order valence-corrected chi connectivity index (χ0v) is 17.9. The molecular weight excluding hydrogens is 402 g/mol. The Kier molecular flexibility index (Phi) is 5.46. The molecule has 2 N–H and O–H groups in total. The summed E-state index contributed by atoms with van der Waals surface area (Å²) in [6.07, 6.45) is 3.71. The minimum atomic E-state index is -0.0523. The molecule has 0 aliphatic carbocycles. The average molecular weight is 428 g/mol. The summed E-state index contributed by atoms with van der Waals surface area (Å²) >= 11 is 0. The topological polar surface area (TPSA) is 83.1 Å². The molecule has 4 aromatic rings. The zero-order chi connectivity index (χ0) is 21.9. The van der Waals surface area contributed by atoms with Gasteiger partial charge >= 0.3 is 0 Å². The number of nitrogens with one attached hydrogen (secondary N) is 2. The maximum absolute atomic E-state index is 12.9. The van der Waals surface area contributed by atoms with Crippen molar-refractivity contribution in [2.75, 3.05) is 25.1 Å². The number of H-pyrrole nitrogens is 1. The third-order valence-corrected chi connectivity index (χ3v) is 5.91. The zero-order valence-electron chi connectivity index (χ0n) is 17.9. The number of carbonyl (C=O) groups is 1. The van der Waals surface area contributed by atoms with Crippen molar-refractivity contribution in [2.45, 2.75) is 18.9 Å². The van der Waals surface area contributed by atoms with E-state index in [0.29, 0.717) is 5.56 Å². The Hall–Kier alpha value is -3.87. The molecular formula is C25H25N5O2. The Balaban J connectivity index is 1.26. The van der Waals surface area contributed by atoms with Crippen LogP contribution < -0.4 is 15.0 Å². The summed E-state index contributed by atoms with van der Waals surface area (Å²) in [5, 5.41) is 11.8. The van der Waals surface area contributed by atoms with E-state index in [4.69, 9.17) is 4.74 Å². The number of fused-ring (bicyclic) bond motifs is 1. The minimum Gasteiger partial charge on any atom is -0.497 e. The number of hydrogen-bond donors (Lipinski definition) is 2. The number of hydrogen-bond acceptors (Lipinski definition) is 5. The molecule has 1 atom stereocenters. The number of carbonyl (C=O) groups excluding carboxylic acids is 1. The van der Waals surface area contributed by atoms with E-state index in [0.717, 1.165) is 59.7 Å². The molecule has 2 aromatic heterocycles. The number of ether oxygens (including phenoxy) is 1. The van der Waals surface area contributed by atoms with E-state index in [9.17, 15) is 4.79 Å². The normalized spacial score (nSPS) is 16.2. The van der Waals surface area contributed by atoms with E-state index in [1.165, 1.54) is 0 Å². The van der Waals surface area contributed by atoms with Crippen LogP contribution >= 0.6 is 0 Å². The standard InChI is InChI=1S/C25H25N5O2/c1-32-21-9-6-17(7-10-21)23-15-24(29-28-23)30-13-3-5-20(16-30)27-25(31)19-8-11-22-18(14-19)4-2-12-26-22/h2,4,6-12,14-15,20H,3,5,13,16H2,1H3,(H,27,31)(H,28,29). The van der Waals surface area contributed by atoms with Crippen molar-refractivity contribution >= 4 is 22.6 Å². The summed E-state index contributed by atoms with van der Waals surface area (Å²) in [6, 6.07) is 19.5. The van der Waals surface area contributed by atoms with Crippen molar-refractivity contribution in [3.63, 3.8) is 0 Å². The maximum atomic E-state index is 12.9. The molecule has 0 radical (unpaired) electrons. The number of methoxy groups -OCH3 is 1. The van der Waals surface area contributed by atoms with Crippen LogP contribution in [0.25, 0.3) is 22.2 Å². The van der Waals surface area contributed by atoms with Gasteiger partial charge in [-0.15, -0.1) is 0 Å². The molecule has 7 heteroatoms. The van der Waals surface area contributed by atoms with Crippen LogP contribution in [0.2, 0.25) is 0 Å². The maximum Gasteiger partial charge on any atom is 0.251 e. The summed E-state index contributed by atoms with van der Waals surface area (Å²) in [5.41, 5.74) is 3.55. The monoisotopic (exact) mass is 427 g/mol. The van der Waals surface area contributed by atoms with Crippen LogP contribution in [0.1, 0.15) is 23.2 Å². The van der Waals surface area contributed by atoms with E-state index < -0.39 is 0 Å².